The molecular weight excluding hydrogens is 400 g/mol. The van der Waals surface area contributed by atoms with Crippen LogP contribution in [0.4, 0.5) is 5.69 Å². The van der Waals surface area contributed by atoms with Crippen molar-refractivity contribution in [3.05, 3.63) is 82.0 Å². The Morgan fingerprint density at radius 1 is 1.07 bits per heavy atom. The molecular formula is C23H17N2O4S-. The molecule has 1 aromatic heterocycles. The second-order valence-electron chi connectivity index (χ2n) is 6.89. The minimum absolute atomic E-state index is 0.0993. The molecule has 1 aliphatic heterocycles. The SMILES string of the molecule is Cc1cc(C)cc(N=C2NC(=O)/C(=C\c3ccc(-c4ccc(C(=O)[O-])cc4)o3)S2)c1. The van der Waals surface area contributed by atoms with Crippen LogP contribution in [0, 0.1) is 13.8 Å². The van der Waals surface area contributed by atoms with Crippen LogP contribution in [0.15, 0.2) is 68.9 Å². The number of carbonyl (C=O) groups excluding carboxylic acids is 2. The van der Waals surface area contributed by atoms with Gasteiger partial charge in [0.05, 0.1) is 16.6 Å². The van der Waals surface area contributed by atoms with Gasteiger partial charge < -0.3 is 19.6 Å². The third kappa shape index (κ3) is 4.36. The molecule has 30 heavy (non-hydrogen) atoms. The first-order valence-corrected chi connectivity index (χ1v) is 9.98. The van der Waals surface area contributed by atoms with E-state index >= 15 is 0 Å². The number of carboxylic acids is 1. The molecule has 1 amide bonds. The Morgan fingerprint density at radius 2 is 1.77 bits per heavy atom. The Balaban J connectivity index is 1.53. The van der Waals surface area contributed by atoms with Crippen LogP contribution in [0.1, 0.15) is 27.2 Å². The second kappa shape index (κ2) is 8.04. The van der Waals surface area contributed by atoms with Crippen LogP contribution in [0.25, 0.3) is 17.4 Å². The van der Waals surface area contributed by atoms with E-state index < -0.39 is 5.97 Å². The van der Waals surface area contributed by atoms with Crippen LogP contribution in [0.2, 0.25) is 0 Å². The van der Waals surface area contributed by atoms with Gasteiger partial charge in [-0.25, -0.2) is 4.99 Å². The number of amides is 1. The van der Waals surface area contributed by atoms with Crippen molar-refractivity contribution in [2.24, 2.45) is 4.99 Å². The van der Waals surface area contributed by atoms with Crippen LogP contribution < -0.4 is 10.4 Å². The molecule has 2 heterocycles. The molecule has 0 unspecified atom stereocenters. The van der Waals surface area contributed by atoms with E-state index in [1.807, 2.05) is 26.0 Å². The number of aryl methyl sites for hydroxylation is 2. The number of aliphatic imine (C=N–C) groups is 1. The number of rotatable bonds is 4. The lowest BCUT2D eigenvalue weighted by molar-refractivity contribution is -0.255. The van der Waals surface area contributed by atoms with E-state index in [1.54, 1.807) is 30.3 Å². The van der Waals surface area contributed by atoms with Gasteiger partial charge in [-0.3, -0.25) is 4.79 Å². The molecule has 1 saturated heterocycles. The van der Waals surface area contributed by atoms with E-state index in [2.05, 4.69) is 16.4 Å². The summed E-state index contributed by atoms with van der Waals surface area (Å²) in [7, 11) is 0. The van der Waals surface area contributed by atoms with Gasteiger partial charge in [-0.1, -0.05) is 30.3 Å². The summed E-state index contributed by atoms with van der Waals surface area (Å²) in [4.78, 5) is 28.2. The molecule has 3 aromatic rings. The monoisotopic (exact) mass is 417 g/mol. The van der Waals surface area contributed by atoms with Crippen molar-refractivity contribution in [2.45, 2.75) is 13.8 Å². The summed E-state index contributed by atoms with van der Waals surface area (Å²) in [5, 5.41) is 14.1. The Kier molecular flexibility index (Phi) is 5.29. The Labute approximate surface area is 177 Å². The zero-order valence-corrected chi connectivity index (χ0v) is 17.1. The molecule has 4 rings (SSSR count). The average Bonchev–Trinajstić information content (AvgIpc) is 3.28. The Hall–Kier alpha value is -3.58. The van der Waals surface area contributed by atoms with Crippen molar-refractivity contribution in [1.29, 1.82) is 0 Å². The van der Waals surface area contributed by atoms with E-state index in [-0.39, 0.29) is 11.5 Å². The quantitative estimate of drug-likeness (QED) is 0.651. The molecule has 0 aliphatic carbocycles. The smallest absolute Gasteiger partial charge is 0.264 e. The van der Waals surface area contributed by atoms with Gasteiger partial charge in [0.15, 0.2) is 5.17 Å². The Morgan fingerprint density at radius 3 is 2.43 bits per heavy atom. The van der Waals surface area contributed by atoms with Crippen molar-refractivity contribution in [1.82, 2.24) is 5.32 Å². The molecule has 2 aromatic carbocycles. The molecule has 0 atom stereocenters. The lowest BCUT2D eigenvalue weighted by Crippen LogP contribution is -2.21. The summed E-state index contributed by atoms with van der Waals surface area (Å²) in [5.41, 5.74) is 3.83. The number of hydrogen-bond donors (Lipinski definition) is 1. The van der Waals surface area contributed by atoms with Gasteiger partial charge in [0.25, 0.3) is 5.91 Å². The van der Waals surface area contributed by atoms with E-state index in [1.165, 1.54) is 23.9 Å². The first kappa shape index (κ1) is 19.7. The number of thioether (sulfide) groups is 1. The number of carboxylic acid groups (broad SMARTS) is 1. The maximum Gasteiger partial charge on any atom is 0.264 e. The number of nitrogens with one attached hydrogen (secondary N) is 1. The Bertz CT molecular complexity index is 1190. The van der Waals surface area contributed by atoms with Gasteiger partial charge in [0, 0.05) is 11.6 Å². The zero-order valence-electron chi connectivity index (χ0n) is 16.3. The molecule has 150 valence electrons. The molecule has 1 N–H and O–H groups in total. The van der Waals surface area contributed by atoms with Crippen molar-refractivity contribution in [2.75, 3.05) is 0 Å². The first-order chi connectivity index (χ1) is 14.4. The van der Waals surface area contributed by atoms with Crippen LogP contribution in [0.3, 0.4) is 0 Å². The van der Waals surface area contributed by atoms with Crippen LogP contribution in [-0.2, 0) is 4.79 Å². The predicted octanol–water partition coefficient (Wildman–Crippen LogP) is 3.82. The summed E-state index contributed by atoms with van der Waals surface area (Å²) >= 11 is 1.25. The summed E-state index contributed by atoms with van der Waals surface area (Å²) in [6, 6.07) is 15.7. The van der Waals surface area contributed by atoms with Crippen LogP contribution in [-0.4, -0.2) is 17.0 Å². The number of furan rings is 1. The molecule has 0 saturated carbocycles. The van der Waals surface area contributed by atoms with Crippen LogP contribution >= 0.6 is 11.8 Å². The lowest BCUT2D eigenvalue weighted by atomic mass is 10.1. The molecule has 1 fully saturated rings. The van der Waals surface area contributed by atoms with Gasteiger partial charge in [-0.05, 0) is 66.6 Å². The highest BCUT2D eigenvalue weighted by atomic mass is 32.2. The molecule has 6 nitrogen and oxygen atoms in total. The van der Waals surface area contributed by atoms with Gasteiger partial charge in [-0.2, -0.15) is 0 Å². The standard InChI is InChI=1S/C23H18N2O4S/c1-13-9-14(2)11-17(10-13)24-23-25-21(26)20(30-23)12-18-7-8-19(29-18)15-3-5-16(6-4-15)22(27)28/h3-12H,1-2H3,(H,27,28)(H,24,25,26)/p-1/b20-12+. The summed E-state index contributed by atoms with van der Waals surface area (Å²) < 4.78 is 5.79. The van der Waals surface area contributed by atoms with Gasteiger partial charge in [-0.15, -0.1) is 0 Å². The van der Waals surface area contributed by atoms with Crippen molar-refractivity contribution >= 4 is 40.6 Å². The fourth-order valence-electron chi connectivity index (χ4n) is 3.10. The van der Waals surface area contributed by atoms with Gasteiger partial charge >= 0.3 is 0 Å². The number of carbonyl (C=O) groups is 2. The third-order valence-corrected chi connectivity index (χ3v) is 5.30. The minimum Gasteiger partial charge on any atom is -0.545 e. The average molecular weight is 417 g/mol. The van der Waals surface area contributed by atoms with Gasteiger partial charge in [0.1, 0.15) is 11.5 Å². The molecule has 0 radical (unpaired) electrons. The van der Waals surface area contributed by atoms with E-state index in [9.17, 15) is 14.7 Å². The fourth-order valence-corrected chi connectivity index (χ4v) is 3.92. The number of nitrogens with zero attached hydrogens (tertiary/aromatic N) is 1. The molecule has 7 heteroatoms. The highest BCUT2D eigenvalue weighted by Gasteiger charge is 2.24. The highest BCUT2D eigenvalue weighted by molar-refractivity contribution is 8.18. The van der Waals surface area contributed by atoms with Crippen LogP contribution in [0.5, 0.6) is 0 Å². The second-order valence-corrected chi connectivity index (χ2v) is 7.93. The normalized spacial score (nSPS) is 16.3. The summed E-state index contributed by atoms with van der Waals surface area (Å²) in [5.74, 6) is -0.382. The minimum atomic E-state index is -1.23. The summed E-state index contributed by atoms with van der Waals surface area (Å²) in [6.45, 7) is 4.01. The van der Waals surface area contributed by atoms with E-state index in [0.29, 0.717) is 21.6 Å². The van der Waals surface area contributed by atoms with E-state index in [4.69, 9.17) is 4.42 Å². The van der Waals surface area contributed by atoms with Crippen molar-refractivity contribution in [3.63, 3.8) is 0 Å². The number of benzene rings is 2. The maximum absolute atomic E-state index is 12.3. The number of aromatic carboxylic acids is 1. The molecule has 1 aliphatic rings. The predicted molar refractivity (Wildman–Crippen MR) is 115 cm³/mol. The first-order valence-electron chi connectivity index (χ1n) is 9.17. The number of amidine groups is 1. The highest BCUT2D eigenvalue weighted by Crippen LogP contribution is 2.30. The van der Waals surface area contributed by atoms with E-state index in [0.717, 1.165) is 22.4 Å². The number of hydrogen-bond acceptors (Lipinski definition) is 6. The summed E-state index contributed by atoms with van der Waals surface area (Å²) in [6.07, 6.45) is 1.66. The zero-order chi connectivity index (χ0) is 21.3. The van der Waals surface area contributed by atoms with Crippen molar-refractivity contribution < 1.29 is 19.1 Å². The topological polar surface area (TPSA) is 94.7 Å². The lowest BCUT2D eigenvalue weighted by Gasteiger charge is -2.02. The molecule has 0 bridgehead atoms. The fraction of sp³-hybridized carbons (Fsp3) is 0.0870. The third-order valence-electron chi connectivity index (χ3n) is 4.39. The van der Waals surface area contributed by atoms with Crippen molar-refractivity contribution in [3.8, 4) is 11.3 Å². The maximum atomic E-state index is 12.3. The molecule has 0 spiro atoms. The largest absolute Gasteiger partial charge is 0.545 e. The van der Waals surface area contributed by atoms with Gasteiger partial charge in [0.2, 0.25) is 0 Å².